The smallest absolute Gasteiger partial charge is 0.255 e. The van der Waals surface area contributed by atoms with Crippen molar-refractivity contribution in [2.24, 2.45) is 0 Å². The molecule has 0 fully saturated rings. The predicted molar refractivity (Wildman–Crippen MR) is 95.4 cm³/mol. The summed E-state index contributed by atoms with van der Waals surface area (Å²) in [5.41, 5.74) is 0. The molecule has 0 aromatic heterocycles. The van der Waals surface area contributed by atoms with Crippen LogP contribution in [-0.2, 0) is 73.5 Å². The topological polar surface area (TPSA) is 85.3 Å². The Morgan fingerprint density at radius 2 is 0.696 bits per heavy atom. The van der Waals surface area contributed by atoms with Gasteiger partial charge in [-0.25, -0.2) is 0 Å². The average molecular weight is 486 g/mol. The Morgan fingerprint density at radius 3 is 0.870 bits per heavy atom. The van der Waals surface area contributed by atoms with E-state index in [2.05, 4.69) is 12.6 Å². The number of hydrogen-bond donors (Lipinski definition) is 1. The zero-order chi connectivity index (χ0) is 17.4. The molecule has 12 heteroatoms. The predicted octanol–water partition coefficient (Wildman–Crippen LogP) is 0.660. The summed E-state index contributed by atoms with van der Waals surface area (Å²) in [7, 11) is -8.05. The van der Waals surface area contributed by atoms with Crippen molar-refractivity contribution >= 4 is 66.6 Å². The second-order valence-corrected chi connectivity index (χ2v) is 11.3. The van der Waals surface area contributed by atoms with Crippen LogP contribution in [0.3, 0.4) is 0 Å². The van der Waals surface area contributed by atoms with Gasteiger partial charge in [-0.15, -0.1) is 12.6 Å². The van der Waals surface area contributed by atoms with Gasteiger partial charge in [-0.2, -0.15) is 0 Å². The van der Waals surface area contributed by atoms with Crippen LogP contribution in [0.5, 0.6) is 0 Å². The molecule has 1 aromatic rings. The van der Waals surface area contributed by atoms with Crippen LogP contribution in [0.15, 0.2) is 29.4 Å². The second kappa shape index (κ2) is 9.59. The van der Waals surface area contributed by atoms with Gasteiger partial charge in [0.15, 0.2) is 0 Å². The molecule has 5 unspecified atom stereocenters. The van der Waals surface area contributed by atoms with Crippen molar-refractivity contribution in [2.75, 3.05) is 31.3 Å². The molecule has 5 nitrogen and oxygen atoms in total. The Kier molecular flexibility index (Phi) is 9.98. The van der Waals surface area contributed by atoms with E-state index in [0.717, 1.165) is 0 Å². The molecule has 0 spiro atoms. The molecule has 126 valence electrons. The first-order valence-electron chi connectivity index (χ1n) is 5.62. The van der Waals surface area contributed by atoms with Crippen molar-refractivity contribution in [3.63, 3.8) is 0 Å². The first kappa shape index (κ1) is 23.9. The summed E-state index contributed by atoms with van der Waals surface area (Å²) in [5, 5.41) is 0. The second-order valence-electron chi connectivity index (χ2n) is 4.26. The first-order chi connectivity index (χ1) is 10.0. The van der Waals surface area contributed by atoms with Gasteiger partial charge in [0.25, 0.3) is 0 Å². The Bertz CT molecular complexity index is 707. The van der Waals surface area contributed by atoms with Crippen LogP contribution < -0.4 is 0 Å². The molecule has 0 aliphatic carbocycles. The van der Waals surface area contributed by atoms with E-state index in [-0.39, 0.29) is 48.9 Å². The zero-order valence-electron chi connectivity index (χ0n) is 13.2. The minimum Gasteiger partial charge on any atom is -0.255 e. The fourth-order valence-electron chi connectivity index (χ4n) is 1.94. The number of benzene rings is 1. The van der Waals surface area contributed by atoms with E-state index in [4.69, 9.17) is 0 Å². The van der Waals surface area contributed by atoms with Crippen LogP contribution in [0.1, 0.15) is 0 Å². The van der Waals surface area contributed by atoms with Crippen molar-refractivity contribution in [1.82, 2.24) is 0 Å². The van der Waals surface area contributed by atoms with Gasteiger partial charge in [-0.05, 0) is 0 Å². The van der Waals surface area contributed by atoms with Crippen molar-refractivity contribution < 1.29 is 40.5 Å². The molecular formula is C11H16O5S6Zn+2. The first-order valence-corrected chi connectivity index (χ1v) is 13.9. The molecule has 0 aliphatic rings. The van der Waals surface area contributed by atoms with Gasteiger partial charge in [0.1, 0.15) is 0 Å². The van der Waals surface area contributed by atoms with Gasteiger partial charge >= 0.3 is 19.5 Å². The quantitative estimate of drug-likeness (QED) is 0.489. The summed E-state index contributed by atoms with van der Waals surface area (Å²) in [5.74, 6) is 0. The third-order valence-electron chi connectivity index (χ3n) is 2.69. The van der Waals surface area contributed by atoms with Crippen molar-refractivity contribution in [3.05, 3.63) is 0 Å². The molecule has 0 bridgehead atoms. The van der Waals surface area contributed by atoms with Gasteiger partial charge in [-0.3, -0.25) is 21.0 Å². The van der Waals surface area contributed by atoms with Crippen LogP contribution in [0.4, 0.5) is 0 Å². The molecule has 0 radical (unpaired) electrons. The molecule has 23 heavy (non-hydrogen) atoms. The molecule has 1 aromatic carbocycles. The number of thiol groups is 1. The maximum absolute atomic E-state index is 12.2. The summed E-state index contributed by atoms with van der Waals surface area (Å²) in [6.07, 6.45) is 6.82. The Balaban J connectivity index is 0.00000484. The molecule has 0 saturated heterocycles. The minimum atomic E-state index is -1.64. The zero-order valence-corrected chi connectivity index (χ0v) is 21.2. The van der Waals surface area contributed by atoms with Crippen molar-refractivity contribution in [3.8, 4) is 0 Å². The molecule has 0 amide bonds. The fourth-order valence-corrected chi connectivity index (χ4v) is 9.82. The van der Waals surface area contributed by atoms with E-state index in [1.807, 2.05) is 0 Å². The van der Waals surface area contributed by atoms with Crippen LogP contribution in [0.2, 0.25) is 0 Å². The summed E-state index contributed by atoms with van der Waals surface area (Å²) in [6.45, 7) is 0. The molecule has 0 heterocycles. The largest absolute Gasteiger partial charge is 2.00 e. The minimum absolute atomic E-state index is 0. The third kappa shape index (κ3) is 4.98. The molecular weight excluding hydrogens is 470 g/mol. The molecule has 0 saturated carbocycles. The van der Waals surface area contributed by atoms with Gasteiger partial charge in [0, 0.05) is 36.2 Å². The summed E-state index contributed by atoms with van der Waals surface area (Å²) in [4.78, 5) is 0.681. The number of hydrogen-bond acceptors (Lipinski definition) is 6. The maximum atomic E-state index is 12.2. The average Bonchev–Trinajstić information content (AvgIpc) is 2.34. The van der Waals surface area contributed by atoms with Gasteiger partial charge < -0.3 is 0 Å². The van der Waals surface area contributed by atoms with Gasteiger partial charge in [0.05, 0.1) is 78.5 Å². The molecule has 1 rings (SSSR count). The van der Waals surface area contributed by atoms with Crippen LogP contribution in [0.25, 0.3) is 0 Å². The van der Waals surface area contributed by atoms with E-state index in [0.29, 0.717) is 0 Å². The molecule has 5 atom stereocenters. The van der Waals surface area contributed by atoms with Crippen LogP contribution in [-0.4, -0.2) is 52.3 Å². The molecule has 0 aliphatic heterocycles. The normalized spacial score (nSPS) is 17.7. The third-order valence-corrected chi connectivity index (χ3v) is 8.87. The summed E-state index contributed by atoms with van der Waals surface area (Å²) >= 11 is 4.28. The van der Waals surface area contributed by atoms with E-state index >= 15 is 0 Å². The summed E-state index contributed by atoms with van der Waals surface area (Å²) < 4.78 is 60.6. The van der Waals surface area contributed by atoms with Crippen molar-refractivity contribution in [2.45, 2.75) is 29.4 Å². The standard InChI is InChI=1S/C11H16O5S6.Zn/c1-18(12)7-6(17)8(19(2)13)10(21(4)15)11(22(5)16)9(7)20(3)14;/h17H,1-5H3;/q;+2. The van der Waals surface area contributed by atoms with Crippen LogP contribution in [0, 0.1) is 0 Å². The Hall–Kier alpha value is 0.943. The van der Waals surface area contributed by atoms with E-state index in [9.17, 15) is 21.0 Å². The summed E-state index contributed by atoms with van der Waals surface area (Å²) in [6, 6.07) is 0. The maximum Gasteiger partial charge on any atom is 2.00 e. The van der Waals surface area contributed by atoms with Crippen molar-refractivity contribution in [1.29, 1.82) is 0 Å². The Labute approximate surface area is 166 Å². The Morgan fingerprint density at radius 1 is 0.522 bits per heavy atom. The van der Waals surface area contributed by atoms with Gasteiger partial charge in [0.2, 0.25) is 0 Å². The van der Waals surface area contributed by atoms with E-state index < -0.39 is 54.0 Å². The van der Waals surface area contributed by atoms with E-state index in [1.165, 1.54) is 31.3 Å². The van der Waals surface area contributed by atoms with E-state index in [1.54, 1.807) is 0 Å². The molecule has 0 N–H and O–H groups in total. The van der Waals surface area contributed by atoms with Crippen LogP contribution >= 0.6 is 12.6 Å². The fraction of sp³-hybridized carbons (Fsp3) is 0.455. The number of rotatable bonds is 5. The van der Waals surface area contributed by atoms with Gasteiger partial charge in [-0.1, -0.05) is 0 Å². The monoisotopic (exact) mass is 484 g/mol. The SMILES string of the molecule is CS(=O)c1c(S)c(S(C)=O)c(S(C)=O)c(S(C)=O)c1S(C)=O.[Zn+2].